The Morgan fingerprint density at radius 3 is 2.55 bits per heavy atom. The van der Waals surface area contributed by atoms with Crippen LogP contribution in [0.2, 0.25) is 0 Å². The monoisotopic (exact) mass is 291 g/mol. The number of benzene rings is 1. The molecule has 0 atom stereocenters. The first-order valence-electron chi connectivity index (χ1n) is 6.26. The highest BCUT2D eigenvalue weighted by Crippen LogP contribution is 2.07. The number of hydrogen-bond donors (Lipinski definition) is 2. The smallest absolute Gasteiger partial charge is 0.212 e. The minimum Gasteiger partial charge on any atom is -0.399 e. The highest BCUT2D eigenvalue weighted by Gasteiger charge is 2.10. The molecule has 0 spiro atoms. The van der Waals surface area contributed by atoms with Gasteiger partial charge in [-0.3, -0.25) is 4.98 Å². The third kappa shape index (κ3) is 4.64. The van der Waals surface area contributed by atoms with Gasteiger partial charge in [0.05, 0.1) is 5.75 Å². The summed E-state index contributed by atoms with van der Waals surface area (Å²) >= 11 is 0. The maximum Gasteiger partial charge on any atom is 0.212 e. The molecule has 1 heterocycles. The minimum absolute atomic E-state index is 0.0549. The molecule has 0 saturated carbocycles. The zero-order valence-electron chi connectivity index (χ0n) is 11.0. The second kappa shape index (κ2) is 6.49. The SMILES string of the molecule is Nc1cccc(CNS(=O)(=O)CCc2ccncc2)c1. The molecule has 5 nitrogen and oxygen atoms in total. The summed E-state index contributed by atoms with van der Waals surface area (Å²) in [4.78, 5) is 3.90. The van der Waals surface area contributed by atoms with Crippen molar-refractivity contribution in [1.82, 2.24) is 9.71 Å². The summed E-state index contributed by atoms with van der Waals surface area (Å²) in [5.74, 6) is 0.0549. The Balaban J connectivity index is 1.88. The van der Waals surface area contributed by atoms with E-state index in [-0.39, 0.29) is 12.3 Å². The first-order chi connectivity index (χ1) is 9.55. The Morgan fingerprint density at radius 1 is 1.10 bits per heavy atom. The van der Waals surface area contributed by atoms with Crippen LogP contribution < -0.4 is 10.5 Å². The Bertz CT molecular complexity index is 657. The molecule has 1 aromatic heterocycles. The van der Waals surface area contributed by atoms with Crippen molar-refractivity contribution in [2.75, 3.05) is 11.5 Å². The van der Waals surface area contributed by atoms with E-state index >= 15 is 0 Å². The molecular formula is C14H17N3O2S. The van der Waals surface area contributed by atoms with Crippen LogP contribution in [-0.2, 0) is 23.0 Å². The Hall–Kier alpha value is -1.92. The standard InChI is InChI=1S/C14H17N3O2S/c15-14-3-1-2-13(10-14)11-17-20(18,19)9-6-12-4-7-16-8-5-12/h1-5,7-8,10,17H,6,9,11,15H2. The van der Waals surface area contributed by atoms with Gasteiger partial charge in [0.15, 0.2) is 0 Å². The number of pyridine rings is 1. The minimum atomic E-state index is -3.30. The number of nitrogens with two attached hydrogens (primary N) is 1. The Morgan fingerprint density at radius 2 is 1.85 bits per heavy atom. The van der Waals surface area contributed by atoms with Crippen LogP contribution >= 0.6 is 0 Å². The van der Waals surface area contributed by atoms with Crippen LogP contribution in [0, 0.1) is 0 Å². The summed E-state index contributed by atoms with van der Waals surface area (Å²) in [7, 11) is -3.30. The topological polar surface area (TPSA) is 85.1 Å². The number of sulfonamides is 1. The van der Waals surface area contributed by atoms with Gasteiger partial charge in [0, 0.05) is 24.6 Å². The number of rotatable bonds is 6. The van der Waals surface area contributed by atoms with Gasteiger partial charge in [-0.25, -0.2) is 13.1 Å². The fourth-order valence-corrected chi connectivity index (χ4v) is 2.81. The van der Waals surface area contributed by atoms with Crippen LogP contribution in [0.1, 0.15) is 11.1 Å². The van der Waals surface area contributed by atoms with Gasteiger partial charge in [-0.1, -0.05) is 12.1 Å². The molecule has 20 heavy (non-hydrogen) atoms. The lowest BCUT2D eigenvalue weighted by atomic mass is 10.2. The Labute approximate surface area is 118 Å². The van der Waals surface area contributed by atoms with Crippen molar-refractivity contribution >= 4 is 15.7 Å². The fraction of sp³-hybridized carbons (Fsp3) is 0.214. The predicted octanol–water partition coefficient (Wildman–Crippen LogP) is 1.33. The lowest BCUT2D eigenvalue weighted by Crippen LogP contribution is -2.26. The number of nitrogen functional groups attached to an aromatic ring is 1. The van der Waals surface area contributed by atoms with Crippen molar-refractivity contribution in [2.45, 2.75) is 13.0 Å². The second-order valence-electron chi connectivity index (χ2n) is 4.49. The van der Waals surface area contributed by atoms with Crippen molar-refractivity contribution < 1.29 is 8.42 Å². The van der Waals surface area contributed by atoms with Crippen LogP contribution in [0.5, 0.6) is 0 Å². The molecule has 0 radical (unpaired) electrons. The van der Waals surface area contributed by atoms with Crippen LogP contribution in [-0.4, -0.2) is 19.2 Å². The van der Waals surface area contributed by atoms with Gasteiger partial charge in [0.1, 0.15) is 0 Å². The van der Waals surface area contributed by atoms with E-state index < -0.39 is 10.0 Å². The molecule has 2 aromatic rings. The summed E-state index contributed by atoms with van der Waals surface area (Å²) < 4.78 is 26.4. The molecule has 2 rings (SSSR count). The molecule has 0 aliphatic carbocycles. The van der Waals surface area contributed by atoms with Crippen LogP contribution in [0.15, 0.2) is 48.8 Å². The molecule has 106 valence electrons. The summed E-state index contributed by atoms with van der Waals surface area (Å²) in [6.45, 7) is 0.254. The molecule has 0 unspecified atom stereocenters. The summed E-state index contributed by atoms with van der Waals surface area (Å²) in [6, 6.07) is 10.8. The van der Waals surface area contributed by atoms with E-state index in [0.29, 0.717) is 12.1 Å². The van der Waals surface area contributed by atoms with Gasteiger partial charge in [0.25, 0.3) is 0 Å². The van der Waals surface area contributed by atoms with Gasteiger partial charge in [-0.2, -0.15) is 0 Å². The number of nitrogens with one attached hydrogen (secondary N) is 1. The lowest BCUT2D eigenvalue weighted by Gasteiger charge is -2.07. The average Bonchev–Trinajstić information content (AvgIpc) is 2.45. The van der Waals surface area contributed by atoms with Gasteiger partial charge < -0.3 is 5.73 Å². The predicted molar refractivity (Wildman–Crippen MR) is 79.4 cm³/mol. The summed E-state index contributed by atoms with van der Waals surface area (Å²) in [5, 5.41) is 0. The van der Waals surface area contributed by atoms with E-state index in [1.54, 1.807) is 30.6 Å². The summed E-state index contributed by atoms with van der Waals surface area (Å²) in [5.41, 5.74) is 8.07. The largest absolute Gasteiger partial charge is 0.399 e. The number of aryl methyl sites for hydroxylation is 1. The third-order valence-electron chi connectivity index (χ3n) is 2.86. The quantitative estimate of drug-likeness (QED) is 0.786. The molecule has 0 amide bonds. The molecule has 0 bridgehead atoms. The molecule has 0 fully saturated rings. The first kappa shape index (κ1) is 14.5. The molecular weight excluding hydrogens is 274 g/mol. The maximum atomic E-state index is 11.9. The van der Waals surface area contributed by atoms with Crippen LogP contribution in [0.4, 0.5) is 5.69 Å². The van der Waals surface area contributed by atoms with Gasteiger partial charge in [-0.15, -0.1) is 0 Å². The van der Waals surface area contributed by atoms with E-state index in [9.17, 15) is 8.42 Å². The zero-order chi connectivity index (χ0) is 14.4. The number of aromatic nitrogens is 1. The van der Waals surface area contributed by atoms with E-state index in [4.69, 9.17) is 5.73 Å². The first-order valence-corrected chi connectivity index (χ1v) is 7.91. The van der Waals surface area contributed by atoms with Gasteiger partial charge in [0.2, 0.25) is 10.0 Å². The molecule has 1 aromatic carbocycles. The molecule has 0 aliphatic rings. The van der Waals surface area contributed by atoms with E-state index in [0.717, 1.165) is 11.1 Å². The van der Waals surface area contributed by atoms with Crippen LogP contribution in [0.25, 0.3) is 0 Å². The van der Waals surface area contributed by atoms with E-state index in [2.05, 4.69) is 9.71 Å². The zero-order valence-corrected chi connectivity index (χ0v) is 11.8. The van der Waals surface area contributed by atoms with Gasteiger partial charge >= 0.3 is 0 Å². The molecule has 6 heteroatoms. The number of nitrogens with zero attached hydrogens (tertiary/aromatic N) is 1. The molecule has 0 saturated heterocycles. The number of hydrogen-bond acceptors (Lipinski definition) is 4. The Kier molecular flexibility index (Phi) is 4.70. The highest BCUT2D eigenvalue weighted by atomic mass is 32.2. The second-order valence-corrected chi connectivity index (χ2v) is 6.42. The number of anilines is 1. The van der Waals surface area contributed by atoms with Crippen molar-refractivity contribution in [3.8, 4) is 0 Å². The van der Waals surface area contributed by atoms with Gasteiger partial charge in [-0.05, 0) is 41.8 Å². The van der Waals surface area contributed by atoms with Crippen molar-refractivity contribution in [3.63, 3.8) is 0 Å². The third-order valence-corrected chi connectivity index (χ3v) is 4.18. The van der Waals surface area contributed by atoms with E-state index in [1.165, 1.54) is 0 Å². The lowest BCUT2D eigenvalue weighted by molar-refractivity contribution is 0.580. The maximum absolute atomic E-state index is 11.9. The summed E-state index contributed by atoms with van der Waals surface area (Å²) in [6.07, 6.45) is 3.78. The van der Waals surface area contributed by atoms with E-state index in [1.807, 2.05) is 18.2 Å². The normalized spacial score (nSPS) is 11.4. The van der Waals surface area contributed by atoms with Crippen molar-refractivity contribution in [1.29, 1.82) is 0 Å². The van der Waals surface area contributed by atoms with Crippen molar-refractivity contribution in [2.24, 2.45) is 0 Å². The highest BCUT2D eigenvalue weighted by molar-refractivity contribution is 7.89. The molecule has 0 aliphatic heterocycles. The van der Waals surface area contributed by atoms with Crippen molar-refractivity contribution in [3.05, 3.63) is 59.9 Å². The molecule has 3 N–H and O–H groups in total. The van der Waals surface area contributed by atoms with Crippen LogP contribution in [0.3, 0.4) is 0 Å². The average molecular weight is 291 g/mol. The fourth-order valence-electron chi connectivity index (χ4n) is 1.77.